The lowest BCUT2D eigenvalue weighted by Gasteiger charge is -2.09. The summed E-state index contributed by atoms with van der Waals surface area (Å²) in [5, 5.41) is 12.7. The van der Waals surface area contributed by atoms with Crippen molar-refractivity contribution in [3.05, 3.63) is 46.2 Å². The van der Waals surface area contributed by atoms with Crippen molar-refractivity contribution < 1.29 is 33.0 Å². The molecule has 0 spiro atoms. The summed E-state index contributed by atoms with van der Waals surface area (Å²) >= 11 is 1.02. The van der Waals surface area contributed by atoms with Gasteiger partial charge in [-0.3, -0.25) is 9.59 Å². The largest absolute Gasteiger partial charge is 0.494 e. The lowest BCUT2D eigenvalue weighted by atomic mass is 10.2. The Labute approximate surface area is 152 Å². The first-order valence-corrected chi connectivity index (χ1v) is 8.57. The summed E-state index contributed by atoms with van der Waals surface area (Å²) in [4.78, 5) is 22.6. The number of ether oxygens (including phenoxy) is 2. The first-order chi connectivity index (χ1) is 12.5. The van der Waals surface area contributed by atoms with E-state index in [1.807, 2.05) is 0 Å². The average Bonchev–Trinajstić information content (AvgIpc) is 3.05. The van der Waals surface area contributed by atoms with Gasteiger partial charge in [0.15, 0.2) is 0 Å². The van der Waals surface area contributed by atoms with Crippen LogP contribution in [0.25, 0.3) is 0 Å². The Balaban J connectivity index is 1.81. The zero-order valence-corrected chi connectivity index (χ0v) is 14.4. The normalized spacial score (nSPS) is 10.6. The molecule has 0 unspecified atom stereocenters. The van der Waals surface area contributed by atoms with E-state index in [2.05, 4.69) is 10.1 Å². The maximum absolute atomic E-state index is 12.3. The van der Waals surface area contributed by atoms with Gasteiger partial charge in [0, 0.05) is 13.0 Å². The molecule has 1 aromatic carbocycles. The highest BCUT2D eigenvalue weighted by atomic mass is 32.1. The van der Waals surface area contributed by atoms with Gasteiger partial charge in [-0.15, -0.1) is 11.3 Å². The first kappa shape index (κ1) is 19.6. The Morgan fingerprint density at radius 1 is 1.19 bits per heavy atom. The van der Waals surface area contributed by atoms with Gasteiger partial charge in [0.1, 0.15) is 16.4 Å². The lowest BCUT2D eigenvalue weighted by Crippen LogP contribution is -2.22. The fourth-order valence-electron chi connectivity index (χ4n) is 2.03. The van der Waals surface area contributed by atoms with Crippen molar-refractivity contribution in [3.8, 4) is 11.5 Å². The average molecular weight is 385 g/mol. The number of benzene rings is 1. The minimum absolute atomic E-state index is 0.0457. The Hall–Kier alpha value is -2.68. The van der Waals surface area contributed by atoms with E-state index in [-0.39, 0.29) is 23.6 Å². The minimum Gasteiger partial charge on any atom is -0.494 e. The van der Waals surface area contributed by atoms with Gasteiger partial charge < -0.3 is 19.9 Å². The third-order valence-electron chi connectivity index (χ3n) is 3.23. The van der Waals surface area contributed by atoms with E-state index in [4.69, 9.17) is 9.84 Å². The molecule has 0 aliphatic heterocycles. The highest BCUT2D eigenvalue weighted by Gasteiger charge is 2.17. The standard InChI is InChI=1S/C17H17F2NO5S/c18-17(19)25-13-7-9-26-15(13)16(23)20-10-11-3-5-12(6-4-11)24-8-1-2-14(21)22/h3-7,9,17H,1-2,8,10H2,(H,20,23)(H,21,22). The topological polar surface area (TPSA) is 84.9 Å². The van der Waals surface area contributed by atoms with E-state index in [0.717, 1.165) is 16.9 Å². The molecule has 1 amide bonds. The fraction of sp³-hybridized carbons (Fsp3) is 0.294. The van der Waals surface area contributed by atoms with Crippen LogP contribution in [-0.2, 0) is 11.3 Å². The molecular weight excluding hydrogens is 368 g/mol. The number of carbonyl (C=O) groups excluding carboxylic acids is 1. The molecule has 0 saturated heterocycles. The number of thiophene rings is 1. The van der Waals surface area contributed by atoms with Crippen LogP contribution >= 0.6 is 11.3 Å². The molecule has 9 heteroatoms. The summed E-state index contributed by atoms with van der Waals surface area (Å²) in [5.74, 6) is -0.916. The van der Waals surface area contributed by atoms with Crippen molar-refractivity contribution in [3.63, 3.8) is 0 Å². The second-order valence-electron chi connectivity index (χ2n) is 5.16. The smallest absolute Gasteiger partial charge is 0.387 e. The number of rotatable bonds is 10. The van der Waals surface area contributed by atoms with Crippen molar-refractivity contribution in [1.29, 1.82) is 0 Å². The molecule has 0 fully saturated rings. The van der Waals surface area contributed by atoms with Gasteiger partial charge >= 0.3 is 12.6 Å². The van der Waals surface area contributed by atoms with Crippen LogP contribution < -0.4 is 14.8 Å². The van der Waals surface area contributed by atoms with Crippen molar-refractivity contribution in [2.45, 2.75) is 26.0 Å². The van der Waals surface area contributed by atoms with Gasteiger partial charge in [-0.05, 0) is 35.6 Å². The molecule has 0 saturated carbocycles. The van der Waals surface area contributed by atoms with Crippen LogP contribution in [0.4, 0.5) is 8.78 Å². The van der Waals surface area contributed by atoms with Gasteiger partial charge in [-0.1, -0.05) is 12.1 Å². The Bertz CT molecular complexity index is 733. The Kier molecular flexibility index (Phi) is 7.34. The molecule has 1 aromatic heterocycles. The molecular formula is C17H17F2NO5S. The summed E-state index contributed by atoms with van der Waals surface area (Å²) in [6, 6.07) is 8.23. The van der Waals surface area contributed by atoms with Gasteiger partial charge in [0.05, 0.1) is 6.61 Å². The van der Waals surface area contributed by atoms with Crippen molar-refractivity contribution in [2.24, 2.45) is 0 Å². The van der Waals surface area contributed by atoms with E-state index in [1.165, 1.54) is 11.4 Å². The number of nitrogens with one attached hydrogen (secondary N) is 1. The zero-order valence-electron chi connectivity index (χ0n) is 13.6. The second-order valence-corrected chi connectivity index (χ2v) is 6.08. The van der Waals surface area contributed by atoms with Gasteiger partial charge in [0.2, 0.25) is 0 Å². The van der Waals surface area contributed by atoms with E-state index in [1.54, 1.807) is 24.3 Å². The lowest BCUT2D eigenvalue weighted by molar-refractivity contribution is -0.137. The Morgan fingerprint density at radius 3 is 2.58 bits per heavy atom. The molecule has 0 radical (unpaired) electrons. The molecule has 1 heterocycles. The minimum atomic E-state index is -2.99. The summed E-state index contributed by atoms with van der Waals surface area (Å²) in [6.45, 7) is -2.48. The van der Waals surface area contributed by atoms with Crippen LogP contribution in [0.3, 0.4) is 0 Å². The molecule has 2 N–H and O–H groups in total. The van der Waals surface area contributed by atoms with Gasteiger partial charge in [0.25, 0.3) is 5.91 Å². The highest BCUT2D eigenvalue weighted by molar-refractivity contribution is 7.12. The van der Waals surface area contributed by atoms with Crippen molar-refractivity contribution in [2.75, 3.05) is 6.61 Å². The monoisotopic (exact) mass is 385 g/mol. The SMILES string of the molecule is O=C(O)CCCOc1ccc(CNC(=O)c2sccc2OC(F)F)cc1. The van der Waals surface area contributed by atoms with Crippen molar-refractivity contribution in [1.82, 2.24) is 5.32 Å². The predicted molar refractivity (Wildman–Crippen MR) is 90.9 cm³/mol. The maximum Gasteiger partial charge on any atom is 0.387 e. The van der Waals surface area contributed by atoms with Crippen LogP contribution in [0, 0.1) is 0 Å². The van der Waals surface area contributed by atoms with Crippen LogP contribution in [0.1, 0.15) is 28.1 Å². The summed E-state index contributed by atoms with van der Waals surface area (Å²) in [7, 11) is 0. The molecule has 26 heavy (non-hydrogen) atoms. The van der Waals surface area contributed by atoms with E-state index in [0.29, 0.717) is 18.8 Å². The van der Waals surface area contributed by atoms with E-state index < -0.39 is 18.5 Å². The highest BCUT2D eigenvalue weighted by Crippen LogP contribution is 2.26. The number of hydrogen-bond donors (Lipinski definition) is 2. The number of hydrogen-bond acceptors (Lipinski definition) is 5. The molecule has 2 aromatic rings. The maximum atomic E-state index is 12.3. The summed E-state index contributed by atoms with van der Waals surface area (Å²) < 4.78 is 34.3. The van der Waals surface area contributed by atoms with Crippen LogP contribution in [0.5, 0.6) is 11.5 Å². The molecule has 0 aliphatic carbocycles. The third-order valence-corrected chi connectivity index (χ3v) is 4.13. The molecule has 2 rings (SSSR count). The molecule has 140 valence electrons. The fourth-order valence-corrected chi connectivity index (χ4v) is 2.77. The zero-order chi connectivity index (χ0) is 18.9. The third kappa shape index (κ3) is 6.32. The molecule has 6 nitrogen and oxygen atoms in total. The number of carboxylic acid groups (broad SMARTS) is 1. The second kappa shape index (κ2) is 9.71. The number of carbonyl (C=O) groups is 2. The number of halogens is 2. The number of aliphatic carboxylic acids is 1. The summed E-state index contributed by atoms with van der Waals surface area (Å²) in [5.41, 5.74) is 0.795. The number of carboxylic acids is 1. The first-order valence-electron chi connectivity index (χ1n) is 7.69. The molecule has 0 bridgehead atoms. The quantitative estimate of drug-likeness (QED) is 0.611. The van der Waals surface area contributed by atoms with Gasteiger partial charge in [-0.25, -0.2) is 0 Å². The van der Waals surface area contributed by atoms with Crippen LogP contribution in [-0.4, -0.2) is 30.2 Å². The number of alkyl halides is 2. The molecule has 0 aliphatic rings. The van der Waals surface area contributed by atoms with Gasteiger partial charge in [-0.2, -0.15) is 8.78 Å². The summed E-state index contributed by atoms with van der Waals surface area (Å²) in [6.07, 6.45) is 0.459. The van der Waals surface area contributed by atoms with Crippen LogP contribution in [0.15, 0.2) is 35.7 Å². The van der Waals surface area contributed by atoms with E-state index >= 15 is 0 Å². The number of amides is 1. The van der Waals surface area contributed by atoms with E-state index in [9.17, 15) is 18.4 Å². The molecule has 0 atom stereocenters. The Morgan fingerprint density at radius 2 is 1.92 bits per heavy atom. The van der Waals surface area contributed by atoms with Crippen molar-refractivity contribution >= 4 is 23.2 Å². The predicted octanol–water partition coefficient (Wildman–Crippen LogP) is 3.52. The van der Waals surface area contributed by atoms with Crippen LogP contribution in [0.2, 0.25) is 0 Å².